The number of carbonyl (C=O) groups excluding carboxylic acids is 1. The van der Waals surface area contributed by atoms with Crippen molar-refractivity contribution < 1.29 is 19.4 Å². The van der Waals surface area contributed by atoms with Gasteiger partial charge in [-0.3, -0.25) is 4.79 Å². The van der Waals surface area contributed by atoms with E-state index in [4.69, 9.17) is 9.84 Å². The van der Waals surface area contributed by atoms with Gasteiger partial charge in [0.25, 0.3) is 0 Å². The van der Waals surface area contributed by atoms with E-state index in [0.717, 1.165) is 12.0 Å². The molecule has 0 saturated carbocycles. The van der Waals surface area contributed by atoms with Gasteiger partial charge in [0.1, 0.15) is 5.75 Å². The number of amides is 1. The maximum Gasteiger partial charge on any atom is 0.341 e. The van der Waals surface area contributed by atoms with Crippen molar-refractivity contribution in [3.05, 3.63) is 65.2 Å². The monoisotopic (exact) mass is 369 g/mol. The summed E-state index contributed by atoms with van der Waals surface area (Å²) < 4.78 is 5.12. The molecule has 0 aliphatic carbocycles. The van der Waals surface area contributed by atoms with Crippen LogP contribution in [0.2, 0.25) is 0 Å². The average molecular weight is 369 g/mol. The van der Waals surface area contributed by atoms with Crippen LogP contribution in [0.1, 0.15) is 55.3 Å². The fourth-order valence-electron chi connectivity index (χ4n) is 2.94. The summed E-state index contributed by atoms with van der Waals surface area (Å²) in [6, 6.07) is 15.3. The van der Waals surface area contributed by atoms with Crippen molar-refractivity contribution in [2.45, 2.75) is 45.6 Å². The van der Waals surface area contributed by atoms with Gasteiger partial charge < -0.3 is 15.2 Å². The summed E-state index contributed by atoms with van der Waals surface area (Å²) in [5.74, 6) is -0.311. The SMILES string of the molecule is CCC(CC(=O)NC(C)c1ccc(OCC(=O)O)cc1)c1ccc(C)cc1. The maximum absolute atomic E-state index is 12.5. The second-order valence-electron chi connectivity index (χ2n) is 6.76. The van der Waals surface area contributed by atoms with E-state index in [-0.39, 0.29) is 24.5 Å². The van der Waals surface area contributed by atoms with Crippen molar-refractivity contribution in [1.29, 1.82) is 0 Å². The highest BCUT2D eigenvalue weighted by Gasteiger charge is 2.16. The van der Waals surface area contributed by atoms with E-state index in [1.165, 1.54) is 11.1 Å². The first-order chi connectivity index (χ1) is 12.9. The summed E-state index contributed by atoms with van der Waals surface area (Å²) in [5, 5.41) is 11.7. The van der Waals surface area contributed by atoms with Gasteiger partial charge in [-0.1, -0.05) is 48.9 Å². The van der Waals surface area contributed by atoms with Crippen LogP contribution in [-0.4, -0.2) is 23.6 Å². The lowest BCUT2D eigenvalue weighted by Gasteiger charge is -2.19. The van der Waals surface area contributed by atoms with Crippen LogP contribution < -0.4 is 10.1 Å². The van der Waals surface area contributed by atoms with E-state index in [0.29, 0.717) is 12.2 Å². The number of carbonyl (C=O) groups is 2. The van der Waals surface area contributed by atoms with E-state index < -0.39 is 5.97 Å². The summed E-state index contributed by atoms with van der Waals surface area (Å²) in [4.78, 5) is 23.0. The molecule has 0 bridgehead atoms. The van der Waals surface area contributed by atoms with E-state index in [2.05, 4.69) is 43.4 Å². The van der Waals surface area contributed by atoms with Crippen LogP contribution in [0.5, 0.6) is 5.75 Å². The van der Waals surface area contributed by atoms with Crippen LogP contribution in [0.3, 0.4) is 0 Å². The zero-order chi connectivity index (χ0) is 19.8. The molecule has 0 aliphatic rings. The van der Waals surface area contributed by atoms with Crippen LogP contribution in [0, 0.1) is 6.92 Å². The molecule has 5 heteroatoms. The van der Waals surface area contributed by atoms with Gasteiger partial charge in [0, 0.05) is 6.42 Å². The summed E-state index contributed by atoms with van der Waals surface area (Å²) in [6.07, 6.45) is 1.35. The number of ether oxygens (including phenoxy) is 1. The number of aryl methyl sites for hydroxylation is 1. The Morgan fingerprint density at radius 2 is 1.63 bits per heavy atom. The van der Waals surface area contributed by atoms with Crippen molar-refractivity contribution in [2.24, 2.45) is 0 Å². The van der Waals surface area contributed by atoms with Crippen LogP contribution >= 0.6 is 0 Å². The minimum absolute atomic E-state index is 0.0149. The summed E-state index contributed by atoms with van der Waals surface area (Å²) >= 11 is 0. The van der Waals surface area contributed by atoms with E-state index >= 15 is 0 Å². The normalized spacial score (nSPS) is 12.9. The molecule has 0 spiro atoms. The zero-order valence-corrected chi connectivity index (χ0v) is 16.1. The second-order valence-corrected chi connectivity index (χ2v) is 6.76. The average Bonchev–Trinajstić information content (AvgIpc) is 2.65. The molecule has 2 aromatic rings. The summed E-state index contributed by atoms with van der Waals surface area (Å²) in [7, 11) is 0. The molecule has 5 nitrogen and oxygen atoms in total. The number of carboxylic acids is 1. The van der Waals surface area contributed by atoms with Gasteiger partial charge in [0.05, 0.1) is 6.04 Å². The van der Waals surface area contributed by atoms with Gasteiger partial charge in [0.15, 0.2) is 6.61 Å². The highest BCUT2D eigenvalue weighted by atomic mass is 16.5. The van der Waals surface area contributed by atoms with Gasteiger partial charge in [-0.15, -0.1) is 0 Å². The predicted molar refractivity (Wildman–Crippen MR) is 105 cm³/mol. The third-order valence-electron chi connectivity index (χ3n) is 4.59. The van der Waals surface area contributed by atoms with Crippen LogP contribution in [0.25, 0.3) is 0 Å². The van der Waals surface area contributed by atoms with E-state index in [9.17, 15) is 9.59 Å². The molecule has 0 fully saturated rings. The second kappa shape index (κ2) is 9.76. The fourth-order valence-corrected chi connectivity index (χ4v) is 2.94. The molecular formula is C22H27NO4. The number of rotatable bonds is 9. The van der Waals surface area contributed by atoms with Gasteiger partial charge >= 0.3 is 5.97 Å². The molecule has 2 N–H and O–H groups in total. The molecule has 27 heavy (non-hydrogen) atoms. The van der Waals surface area contributed by atoms with Gasteiger partial charge in [-0.2, -0.15) is 0 Å². The molecule has 2 unspecified atom stereocenters. The van der Waals surface area contributed by atoms with Crippen molar-refractivity contribution in [2.75, 3.05) is 6.61 Å². The molecule has 2 aromatic carbocycles. The largest absolute Gasteiger partial charge is 0.482 e. The third-order valence-corrected chi connectivity index (χ3v) is 4.59. The fraction of sp³-hybridized carbons (Fsp3) is 0.364. The Kier molecular flexibility index (Phi) is 7.41. The lowest BCUT2D eigenvalue weighted by Crippen LogP contribution is -2.28. The van der Waals surface area contributed by atoms with Crippen LogP contribution in [-0.2, 0) is 9.59 Å². The van der Waals surface area contributed by atoms with Crippen molar-refractivity contribution in [1.82, 2.24) is 5.32 Å². The molecule has 0 aromatic heterocycles. The maximum atomic E-state index is 12.5. The Morgan fingerprint density at radius 1 is 1.04 bits per heavy atom. The Balaban J connectivity index is 1.91. The number of hydrogen-bond acceptors (Lipinski definition) is 3. The molecule has 0 heterocycles. The number of benzene rings is 2. The minimum atomic E-state index is -1.02. The molecule has 1 amide bonds. The topological polar surface area (TPSA) is 75.6 Å². The number of hydrogen-bond donors (Lipinski definition) is 2. The predicted octanol–water partition coefficient (Wildman–Crippen LogP) is 4.22. The minimum Gasteiger partial charge on any atom is -0.482 e. The molecular weight excluding hydrogens is 342 g/mol. The van der Waals surface area contributed by atoms with Crippen molar-refractivity contribution in [3.8, 4) is 5.75 Å². The zero-order valence-electron chi connectivity index (χ0n) is 16.1. The molecule has 144 valence electrons. The number of nitrogens with one attached hydrogen (secondary N) is 1. The first-order valence-corrected chi connectivity index (χ1v) is 9.19. The lowest BCUT2D eigenvalue weighted by molar-refractivity contribution is -0.139. The molecule has 2 atom stereocenters. The van der Waals surface area contributed by atoms with Gasteiger partial charge in [0.2, 0.25) is 5.91 Å². The third kappa shape index (κ3) is 6.44. The Labute approximate surface area is 160 Å². The Bertz CT molecular complexity index is 753. The quantitative estimate of drug-likeness (QED) is 0.694. The standard InChI is InChI=1S/C22H27NO4/c1-4-17(19-7-5-15(2)6-8-19)13-21(24)23-16(3)18-9-11-20(12-10-18)27-14-22(25)26/h5-12,16-17H,4,13-14H2,1-3H3,(H,23,24)(H,25,26). The van der Waals surface area contributed by atoms with Gasteiger partial charge in [-0.05, 0) is 49.4 Å². The smallest absolute Gasteiger partial charge is 0.341 e. The highest BCUT2D eigenvalue weighted by Crippen LogP contribution is 2.24. The number of aliphatic carboxylic acids is 1. The first kappa shape index (κ1) is 20.5. The van der Waals surface area contributed by atoms with Crippen molar-refractivity contribution >= 4 is 11.9 Å². The molecule has 0 saturated heterocycles. The van der Waals surface area contributed by atoms with Crippen molar-refractivity contribution in [3.63, 3.8) is 0 Å². The Hall–Kier alpha value is -2.82. The van der Waals surface area contributed by atoms with Crippen LogP contribution in [0.4, 0.5) is 0 Å². The molecule has 0 radical (unpaired) electrons. The first-order valence-electron chi connectivity index (χ1n) is 9.19. The van der Waals surface area contributed by atoms with Gasteiger partial charge in [-0.25, -0.2) is 4.79 Å². The lowest BCUT2D eigenvalue weighted by atomic mass is 9.92. The number of carboxylic acid groups (broad SMARTS) is 1. The van der Waals surface area contributed by atoms with Crippen LogP contribution in [0.15, 0.2) is 48.5 Å². The molecule has 0 aliphatic heterocycles. The highest BCUT2D eigenvalue weighted by molar-refractivity contribution is 5.77. The summed E-state index contributed by atoms with van der Waals surface area (Å²) in [5.41, 5.74) is 3.34. The molecule has 2 rings (SSSR count). The Morgan fingerprint density at radius 3 is 2.19 bits per heavy atom. The van der Waals surface area contributed by atoms with E-state index in [1.54, 1.807) is 12.1 Å². The summed E-state index contributed by atoms with van der Waals surface area (Å²) in [6.45, 7) is 5.70. The van der Waals surface area contributed by atoms with E-state index in [1.807, 2.05) is 19.1 Å².